The van der Waals surface area contributed by atoms with Crippen molar-refractivity contribution in [3.63, 3.8) is 0 Å². The number of carbonyl (C=O) groups is 1. The van der Waals surface area contributed by atoms with Gasteiger partial charge in [0.2, 0.25) is 0 Å². The number of halogens is 3. The average molecular weight is 304 g/mol. The Balaban J connectivity index is 2.01. The van der Waals surface area contributed by atoms with Crippen LogP contribution in [0.15, 0.2) is 24.3 Å². The molecule has 1 aliphatic rings. The van der Waals surface area contributed by atoms with Crippen LogP contribution in [0.1, 0.15) is 23.2 Å². The fraction of sp³-hybridized carbons (Fsp3) is 0.500. The first kappa shape index (κ1) is 15.0. The van der Waals surface area contributed by atoms with E-state index in [1.807, 2.05) is 0 Å². The first-order valence-corrected chi connectivity index (χ1v) is 7.03. The number of piperidine rings is 1. The van der Waals surface area contributed by atoms with Gasteiger partial charge in [-0.15, -0.1) is 11.6 Å². The zero-order chi connectivity index (χ0) is 14.5. The fourth-order valence-corrected chi connectivity index (χ4v) is 2.59. The zero-order valence-electron chi connectivity index (χ0n) is 10.9. The number of hydrogen-bond donors (Lipinski definition) is 0. The number of amides is 1. The van der Waals surface area contributed by atoms with Crippen LogP contribution < -0.4 is 4.74 Å². The number of likely N-dealkylation sites (tertiary alicyclic amines) is 1. The van der Waals surface area contributed by atoms with E-state index in [1.54, 1.807) is 4.90 Å². The maximum atomic E-state index is 12.3. The summed E-state index contributed by atoms with van der Waals surface area (Å²) in [6.45, 7) is -1.50. The molecule has 1 heterocycles. The van der Waals surface area contributed by atoms with Gasteiger partial charge in [-0.25, -0.2) is 0 Å². The smallest absolute Gasteiger partial charge is 0.387 e. The maximum Gasteiger partial charge on any atom is 0.387 e. The van der Waals surface area contributed by atoms with Crippen molar-refractivity contribution in [2.75, 3.05) is 19.0 Å². The summed E-state index contributed by atoms with van der Waals surface area (Å²) in [4.78, 5) is 14.1. The molecule has 0 N–H and O–H groups in total. The normalized spacial score (nSPS) is 19.2. The second-order valence-corrected chi connectivity index (χ2v) is 5.13. The summed E-state index contributed by atoms with van der Waals surface area (Å²) in [6.07, 6.45) is 1.98. The largest absolute Gasteiger partial charge is 0.435 e. The maximum absolute atomic E-state index is 12.3. The molecule has 6 heteroatoms. The molecule has 1 atom stereocenters. The predicted molar refractivity (Wildman–Crippen MR) is 72.4 cm³/mol. The average Bonchev–Trinajstić information content (AvgIpc) is 2.47. The molecule has 1 aromatic carbocycles. The minimum atomic E-state index is -2.86. The van der Waals surface area contributed by atoms with E-state index >= 15 is 0 Å². The summed E-state index contributed by atoms with van der Waals surface area (Å²) < 4.78 is 28.3. The standard InChI is InChI=1S/C14H16ClF2NO2/c15-8-10-2-1-7-18(9-10)13(19)11-3-5-12(6-4-11)20-14(16)17/h3-6,10,14H,1-2,7-9H2. The highest BCUT2D eigenvalue weighted by Crippen LogP contribution is 2.21. The van der Waals surface area contributed by atoms with Gasteiger partial charge in [0.1, 0.15) is 5.75 Å². The molecule has 0 aliphatic carbocycles. The van der Waals surface area contributed by atoms with Gasteiger partial charge in [0.15, 0.2) is 0 Å². The van der Waals surface area contributed by atoms with E-state index in [0.29, 0.717) is 30.5 Å². The molecule has 0 aromatic heterocycles. The van der Waals surface area contributed by atoms with Crippen molar-refractivity contribution in [1.29, 1.82) is 0 Å². The van der Waals surface area contributed by atoms with Crippen LogP contribution in [0.3, 0.4) is 0 Å². The van der Waals surface area contributed by atoms with E-state index in [0.717, 1.165) is 12.8 Å². The van der Waals surface area contributed by atoms with Crippen LogP contribution in [0.4, 0.5) is 8.78 Å². The summed E-state index contributed by atoms with van der Waals surface area (Å²) in [5, 5.41) is 0. The number of nitrogens with zero attached hydrogens (tertiary/aromatic N) is 1. The molecule has 0 spiro atoms. The van der Waals surface area contributed by atoms with Crippen molar-refractivity contribution in [2.45, 2.75) is 19.5 Å². The van der Waals surface area contributed by atoms with Crippen LogP contribution in [-0.2, 0) is 0 Å². The lowest BCUT2D eigenvalue weighted by atomic mass is 9.99. The Kier molecular flexibility index (Phi) is 5.17. The van der Waals surface area contributed by atoms with Gasteiger partial charge >= 0.3 is 6.61 Å². The Morgan fingerprint density at radius 3 is 2.70 bits per heavy atom. The van der Waals surface area contributed by atoms with Gasteiger partial charge in [0.25, 0.3) is 5.91 Å². The van der Waals surface area contributed by atoms with Crippen molar-refractivity contribution in [1.82, 2.24) is 4.90 Å². The van der Waals surface area contributed by atoms with Gasteiger partial charge < -0.3 is 9.64 Å². The Morgan fingerprint density at radius 1 is 1.40 bits per heavy atom. The number of rotatable bonds is 4. The molecule has 0 bridgehead atoms. The highest BCUT2D eigenvalue weighted by molar-refractivity contribution is 6.18. The van der Waals surface area contributed by atoms with Crippen molar-refractivity contribution < 1.29 is 18.3 Å². The lowest BCUT2D eigenvalue weighted by molar-refractivity contribution is -0.0498. The van der Waals surface area contributed by atoms with Crippen molar-refractivity contribution in [3.05, 3.63) is 29.8 Å². The first-order valence-electron chi connectivity index (χ1n) is 6.50. The Hall–Kier alpha value is -1.36. The Morgan fingerprint density at radius 2 is 2.10 bits per heavy atom. The topological polar surface area (TPSA) is 29.5 Å². The van der Waals surface area contributed by atoms with Crippen LogP contribution in [0.5, 0.6) is 5.75 Å². The molecule has 0 radical (unpaired) electrons. The van der Waals surface area contributed by atoms with E-state index in [-0.39, 0.29) is 11.7 Å². The molecular weight excluding hydrogens is 288 g/mol. The van der Waals surface area contributed by atoms with Gasteiger partial charge in [-0.3, -0.25) is 4.79 Å². The number of benzene rings is 1. The second kappa shape index (κ2) is 6.88. The van der Waals surface area contributed by atoms with E-state index in [2.05, 4.69) is 4.74 Å². The molecule has 110 valence electrons. The van der Waals surface area contributed by atoms with Crippen LogP contribution in [0.2, 0.25) is 0 Å². The molecule has 1 saturated heterocycles. The van der Waals surface area contributed by atoms with Crippen LogP contribution in [0.25, 0.3) is 0 Å². The minimum Gasteiger partial charge on any atom is -0.435 e. The van der Waals surface area contributed by atoms with E-state index in [4.69, 9.17) is 11.6 Å². The molecule has 1 fully saturated rings. The number of hydrogen-bond acceptors (Lipinski definition) is 2. The van der Waals surface area contributed by atoms with Gasteiger partial charge in [-0.05, 0) is 43.0 Å². The van der Waals surface area contributed by atoms with Crippen LogP contribution in [-0.4, -0.2) is 36.4 Å². The molecule has 0 saturated carbocycles. The third-order valence-electron chi connectivity index (χ3n) is 3.35. The van der Waals surface area contributed by atoms with Crippen LogP contribution >= 0.6 is 11.6 Å². The lowest BCUT2D eigenvalue weighted by Gasteiger charge is -2.31. The molecule has 2 rings (SSSR count). The molecule has 1 unspecified atom stereocenters. The summed E-state index contributed by atoms with van der Waals surface area (Å²) in [5.74, 6) is 0.832. The van der Waals surface area contributed by atoms with E-state index in [9.17, 15) is 13.6 Å². The third kappa shape index (κ3) is 3.82. The van der Waals surface area contributed by atoms with Gasteiger partial charge in [-0.1, -0.05) is 0 Å². The fourth-order valence-electron chi connectivity index (χ4n) is 2.34. The zero-order valence-corrected chi connectivity index (χ0v) is 11.7. The predicted octanol–water partition coefficient (Wildman–Crippen LogP) is 3.38. The highest BCUT2D eigenvalue weighted by Gasteiger charge is 2.23. The molecule has 1 amide bonds. The SMILES string of the molecule is O=C(c1ccc(OC(F)F)cc1)N1CCCC(CCl)C1. The van der Waals surface area contributed by atoms with E-state index in [1.165, 1.54) is 24.3 Å². The monoisotopic (exact) mass is 303 g/mol. The quantitative estimate of drug-likeness (QED) is 0.798. The van der Waals surface area contributed by atoms with Crippen molar-refractivity contribution >= 4 is 17.5 Å². The van der Waals surface area contributed by atoms with Crippen molar-refractivity contribution in [3.8, 4) is 5.75 Å². The van der Waals surface area contributed by atoms with Crippen molar-refractivity contribution in [2.24, 2.45) is 5.92 Å². The number of ether oxygens (including phenoxy) is 1. The number of alkyl halides is 3. The third-order valence-corrected chi connectivity index (χ3v) is 3.79. The summed E-state index contributed by atoms with van der Waals surface area (Å²) in [7, 11) is 0. The molecule has 20 heavy (non-hydrogen) atoms. The summed E-state index contributed by atoms with van der Waals surface area (Å²) in [5.41, 5.74) is 0.474. The van der Waals surface area contributed by atoms with Gasteiger partial charge in [-0.2, -0.15) is 8.78 Å². The minimum absolute atomic E-state index is 0.0498. The van der Waals surface area contributed by atoms with E-state index < -0.39 is 6.61 Å². The summed E-state index contributed by atoms with van der Waals surface area (Å²) >= 11 is 5.84. The lowest BCUT2D eigenvalue weighted by Crippen LogP contribution is -2.40. The van der Waals surface area contributed by atoms with Gasteiger partial charge in [0.05, 0.1) is 0 Å². The van der Waals surface area contributed by atoms with Gasteiger partial charge in [0, 0.05) is 24.5 Å². The molecule has 1 aliphatic heterocycles. The number of carbonyl (C=O) groups excluding carboxylic acids is 1. The van der Waals surface area contributed by atoms with Crippen LogP contribution in [0, 0.1) is 5.92 Å². The molecular formula is C14H16ClF2NO2. The Labute approximate surface area is 121 Å². The highest BCUT2D eigenvalue weighted by atomic mass is 35.5. The Bertz CT molecular complexity index is 453. The molecule has 1 aromatic rings. The summed E-state index contributed by atoms with van der Waals surface area (Å²) in [6, 6.07) is 5.76. The first-order chi connectivity index (χ1) is 9.60. The molecule has 3 nitrogen and oxygen atoms in total. The second-order valence-electron chi connectivity index (χ2n) is 4.82.